The lowest BCUT2D eigenvalue weighted by Gasteiger charge is -2.15. The topological polar surface area (TPSA) is 18.1 Å². The molecule has 0 aliphatic carbocycles. The van der Waals surface area contributed by atoms with Crippen LogP contribution in [-0.4, -0.2) is 51.6 Å². The quantitative estimate of drug-likeness (QED) is 0.330. The van der Waals surface area contributed by atoms with Crippen LogP contribution in [0.25, 0.3) is 60.6 Å². The number of nitrogens with zero attached hydrogens (tertiary/aromatic N) is 1. The number of hydrogen-bond acceptors (Lipinski definition) is 1. The lowest BCUT2D eigenvalue weighted by molar-refractivity contribution is 0.670. The molecule has 0 spiro atoms. The van der Waals surface area contributed by atoms with Crippen molar-refractivity contribution in [2.45, 2.75) is 0 Å². The van der Waals surface area contributed by atoms with Crippen molar-refractivity contribution >= 4 is 135 Å². The summed E-state index contributed by atoms with van der Waals surface area (Å²) in [6.07, 6.45) is 0. The van der Waals surface area contributed by atoms with E-state index in [9.17, 15) is 0 Å². The Morgan fingerprint density at radius 2 is 1.23 bits per heavy atom. The first kappa shape index (κ1) is 24.4. The predicted octanol–water partition coefficient (Wildman–Crippen LogP) is 1.77. The Morgan fingerprint density at radius 1 is 0.615 bits per heavy atom. The zero-order valence-electron chi connectivity index (χ0n) is 20.6. The number of furan rings is 1. The Kier molecular flexibility index (Phi) is 5.44. The number of benzene rings is 5. The molecule has 9 heteroatoms. The first-order valence-corrected chi connectivity index (χ1v) is 12.6. The van der Waals surface area contributed by atoms with Gasteiger partial charge in [0.05, 0.1) is 0 Å². The normalized spacial score (nSPS) is 11.8. The van der Waals surface area contributed by atoms with E-state index in [4.69, 9.17) is 63.1 Å². The zero-order valence-corrected chi connectivity index (χ0v) is 21.4. The second kappa shape index (κ2) is 8.69. The van der Waals surface area contributed by atoms with Crippen LogP contribution in [0.15, 0.2) is 77.2 Å². The van der Waals surface area contributed by atoms with E-state index >= 15 is 0 Å². The van der Waals surface area contributed by atoms with Gasteiger partial charge in [-0.25, -0.2) is 0 Å². The van der Waals surface area contributed by atoms with Gasteiger partial charge in [-0.3, -0.25) is 0 Å². The van der Waals surface area contributed by atoms with E-state index in [1.165, 1.54) is 0 Å². The third-order valence-electron chi connectivity index (χ3n) is 7.36. The van der Waals surface area contributed by atoms with Crippen LogP contribution in [0.1, 0.15) is 0 Å². The lowest BCUT2D eigenvalue weighted by Crippen LogP contribution is -2.33. The molecule has 0 saturated carbocycles. The fourth-order valence-electron chi connectivity index (χ4n) is 5.62. The van der Waals surface area contributed by atoms with Gasteiger partial charge in [0.25, 0.3) is 0 Å². The van der Waals surface area contributed by atoms with Gasteiger partial charge in [0.2, 0.25) is 0 Å². The minimum absolute atomic E-state index is 0.345. The smallest absolute Gasteiger partial charge is 0.143 e. The Bertz CT molecular complexity index is 2080. The van der Waals surface area contributed by atoms with Crippen molar-refractivity contribution in [1.29, 1.82) is 0 Å². The maximum atomic E-state index is 6.61. The second-order valence-corrected chi connectivity index (χ2v) is 10.1. The molecule has 5 aromatic carbocycles. The molecule has 39 heavy (non-hydrogen) atoms. The summed E-state index contributed by atoms with van der Waals surface area (Å²) in [6, 6.07) is 23.0. The molecule has 0 atom stereocenters. The van der Waals surface area contributed by atoms with Gasteiger partial charge < -0.3 is 8.98 Å². The van der Waals surface area contributed by atoms with Crippen molar-refractivity contribution in [3.05, 3.63) is 77.8 Å². The molecule has 0 saturated heterocycles. The SMILES string of the molecule is [B]c1cc([B])c2c(c1[B])c1c([B])c([B])cc([B])c1n2-c1cc(-c2ccccc2)c2oc3cc(Cl)ccc3c2c1. The van der Waals surface area contributed by atoms with Crippen LogP contribution >= 0.6 is 11.6 Å². The largest absolute Gasteiger partial charge is 0.455 e. The van der Waals surface area contributed by atoms with E-state index in [1.807, 2.05) is 65.2 Å². The van der Waals surface area contributed by atoms with Crippen molar-refractivity contribution in [3.63, 3.8) is 0 Å². The maximum Gasteiger partial charge on any atom is 0.143 e. The summed E-state index contributed by atoms with van der Waals surface area (Å²) in [7, 11) is 38.8. The van der Waals surface area contributed by atoms with Gasteiger partial charge in [-0.15, -0.1) is 10.9 Å². The Balaban J connectivity index is 1.72. The summed E-state index contributed by atoms with van der Waals surface area (Å²) in [4.78, 5) is 0. The summed E-state index contributed by atoms with van der Waals surface area (Å²) >= 11 is 6.30. The molecule has 12 radical (unpaired) electrons. The molecule has 0 unspecified atom stereocenters. The van der Waals surface area contributed by atoms with Crippen LogP contribution < -0.4 is 32.8 Å². The van der Waals surface area contributed by atoms with E-state index < -0.39 is 0 Å². The van der Waals surface area contributed by atoms with Crippen molar-refractivity contribution in [1.82, 2.24) is 4.57 Å². The van der Waals surface area contributed by atoms with Gasteiger partial charge in [-0.1, -0.05) is 75.9 Å². The van der Waals surface area contributed by atoms with Crippen LogP contribution in [0.3, 0.4) is 0 Å². The van der Waals surface area contributed by atoms with Crippen molar-refractivity contribution in [2.24, 2.45) is 0 Å². The first-order valence-electron chi connectivity index (χ1n) is 12.2. The maximum absolute atomic E-state index is 6.61. The number of fused-ring (bicyclic) bond motifs is 6. The number of rotatable bonds is 2. The Labute approximate surface area is 238 Å². The molecular weight excluding hydrogens is 491 g/mol. The standard InChI is InChI=1S/C30H12B6ClNO/c31-19-11-21(33)28-24(26(19)35)25-27(36)20(32)12-22(34)29(25)38(28)15-9-17(13-4-2-1-3-5-13)30-18(10-15)16-7-6-14(37)8-23(16)39-30/h1-12H. The average molecular weight is 503 g/mol. The first-order chi connectivity index (χ1) is 18.7. The van der Waals surface area contributed by atoms with Gasteiger partial charge in [0.1, 0.15) is 58.2 Å². The van der Waals surface area contributed by atoms with Gasteiger partial charge in [-0.05, 0) is 40.6 Å². The molecule has 0 amide bonds. The molecule has 2 heterocycles. The summed E-state index contributed by atoms with van der Waals surface area (Å²) in [5, 5.41) is 3.61. The van der Waals surface area contributed by atoms with Crippen LogP contribution in [0.5, 0.6) is 0 Å². The third kappa shape index (κ3) is 3.51. The number of halogens is 1. The molecule has 0 bridgehead atoms. The molecule has 0 fully saturated rings. The fourth-order valence-corrected chi connectivity index (χ4v) is 5.78. The summed E-state index contributed by atoms with van der Waals surface area (Å²) in [5.74, 6) is 0. The molecule has 0 N–H and O–H groups in total. The minimum atomic E-state index is 0.345. The van der Waals surface area contributed by atoms with E-state index in [2.05, 4.69) is 0 Å². The van der Waals surface area contributed by atoms with E-state index in [0.29, 0.717) is 65.2 Å². The molecule has 0 aliphatic heterocycles. The van der Waals surface area contributed by atoms with Gasteiger partial charge in [-0.2, -0.15) is 0 Å². The second-order valence-electron chi connectivity index (χ2n) is 9.70. The van der Waals surface area contributed by atoms with Crippen molar-refractivity contribution in [2.75, 3.05) is 0 Å². The van der Waals surface area contributed by atoms with Crippen LogP contribution in [-0.2, 0) is 0 Å². The summed E-state index contributed by atoms with van der Waals surface area (Å²) < 4.78 is 8.34. The molecule has 0 aliphatic rings. The van der Waals surface area contributed by atoms with E-state index in [1.54, 1.807) is 12.1 Å². The van der Waals surface area contributed by atoms with Crippen LogP contribution in [0, 0.1) is 0 Å². The fraction of sp³-hybridized carbons (Fsp3) is 0. The highest BCUT2D eigenvalue weighted by molar-refractivity contribution is 6.62. The van der Waals surface area contributed by atoms with Crippen molar-refractivity contribution < 1.29 is 4.42 Å². The van der Waals surface area contributed by atoms with Gasteiger partial charge in [0.15, 0.2) is 0 Å². The zero-order chi connectivity index (χ0) is 27.2. The van der Waals surface area contributed by atoms with E-state index in [0.717, 1.165) is 33.2 Å². The Morgan fingerprint density at radius 3 is 1.85 bits per heavy atom. The lowest BCUT2D eigenvalue weighted by atomic mass is 9.71. The van der Waals surface area contributed by atoms with Crippen molar-refractivity contribution in [3.8, 4) is 16.8 Å². The molecule has 7 aromatic rings. The number of aromatic nitrogens is 1. The van der Waals surface area contributed by atoms with Crippen LogP contribution in [0.2, 0.25) is 5.02 Å². The Hall–Kier alpha value is -3.62. The molecule has 2 aromatic heterocycles. The van der Waals surface area contributed by atoms with Crippen LogP contribution in [0.4, 0.5) is 0 Å². The van der Waals surface area contributed by atoms with E-state index in [-0.39, 0.29) is 0 Å². The molecular formula is C30H12B6ClNO. The molecule has 7 rings (SSSR count). The average Bonchev–Trinajstić information content (AvgIpc) is 3.47. The minimum Gasteiger partial charge on any atom is -0.455 e. The predicted molar refractivity (Wildman–Crippen MR) is 171 cm³/mol. The van der Waals surface area contributed by atoms with Gasteiger partial charge in [0, 0.05) is 44.1 Å². The monoisotopic (exact) mass is 503 g/mol. The highest BCUT2D eigenvalue weighted by Gasteiger charge is 2.22. The summed E-state index contributed by atoms with van der Waals surface area (Å²) in [5.41, 5.74) is 7.58. The summed E-state index contributed by atoms with van der Waals surface area (Å²) in [6.45, 7) is 0. The third-order valence-corrected chi connectivity index (χ3v) is 7.60. The highest BCUT2D eigenvalue weighted by atomic mass is 35.5. The number of hydrogen-bond donors (Lipinski definition) is 0. The highest BCUT2D eigenvalue weighted by Crippen LogP contribution is 2.40. The molecule has 2 nitrogen and oxygen atoms in total. The molecule has 168 valence electrons. The van der Waals surface area contributed by atoms with Gasteiger partial charge >= 0.3 is 0 Å².